The third-order valence-electron chi connectivity index (χ3n) is 5.88. The Hall–Kier alpha value is -2.55. The van der Waals surface area contributed by atoms with Gasteiger partial charge in [0, 0.05) is 0 Å². The number of rotatable bonds is 2. The van der Waals surface area contributed by atoms with Crippen molar-refractivity contribution in [1.29, 1.82) is 0 Å². The van der Waals surface area contributed by atoms with Gasteiger partial charge in [0.15, 0.2) is 0 Å². The summed E-state index contributed by atoms with van der Waals surface area (Å²) >= 11 is -0.0976. The Balaban J connectivity index is 1.41. The second-order valence-electron chi connectivity index (χ2n) is 7.78. The van der Waals surface area contributed by atoms with Crippen LogP contribution in [0.4, 0.5) is 0 Å². The standard InChI is InChI=1S/C22H20IN6/c1-12-11-24-13(2)21-26-20(27-29(12)21)17-10-16(17)19-14(3)28-9-7-18-15(22(28)25-19)6-4-5-8-23-18/h4-9,11,16-17H,10H2,1-3H3/q-1/t16-,17-/m1/s1. The molecule has 6 rings (SSSR count). The molecule has 4 aromatic heterocycles. The number of imidazole rings is 1. The number of nitrogens with zero attached hydrogens (tertiary/aromatic N) is 6. The van der Waals surface area contributed by atoms with Crippen LogP contribution in [0.25, 0.3) is 17.4 Å². The number of halogens is 1. The van der Waals surface area contributed by atoms with Crippen LogP contribution in [0.5, 0.6) is 0 Å². The van der Waals surface area contributed by atoms with Gasteiger partial charge in [-0.05, 0) is 0 Å². The van der Waals surface area contributed by atoms with Crippen LogP contribution in [0.15, 0.2) is 34.7 Å². The zero-order valence-corrected chi connectivity index (χ0v) is 18.6. The molecule has 0 aromatic carbocycles. The molecule has 1 aliphatic heterocycles. The minimum absolute atomic E-state index is 0.0976. The summed E-state index contributed by atoms with van der Waals surface area (Å²) in [7, 11) is 0. The number of fused-ring (bicyclic) bond motifs is 4. The van der Waals surface area contributed by atoms with Gasteiger partial charge in [0.25, 0.3) is 0 Å². The van der Waals surface area contributed by atoms with Crippen LogP contribution in [0.2, 0.25) is 0 Å². The SMILES string of the molecule is Cc1ncc(C)n2nc([C@@H]3C[C@H]3c3nc4c5c(ccn4c3C)[I-]C=CC=C5)nc12. The van der Waals surface area contributed by atoms with E-state index in [1.54, 1.807) is 0 Å². The molecule has 2 aliphatic rings. The van der Waals surface area contributed by atoms with Crippen LogP contribution >= 0.6 is 0 Å². The van der Waals surface area contributed by atoms with Gasteiger partial charge in [-0.1, -0.05) is 0 Å². The number of allylic oxidation sites excluding steroid dienone is 2. The Morgan fingerprint density at radius 3 is 2.83 bits per heavy atom. The molecule has 0 bridgehead atoms. The molecule has 0 N–H and O–H groups in total. The molecule has 0 amide bonds. The fourth-order valence-electron chi connectivity index (χ4n) is 4.19. The number of hydrogen-bond acceptors (Lipinski definition) is 4. The van der Waals surface area contributed by atoms with Gasteiger partial charge in [0.2, 0.25) is 0 Å². The van der Waals surface area contributed by atoms with Crippen molar-refractivity contribution in [3.63, 3.8) is 0 Å². The van der Waals surface area contributed by atoms with Crippen molar-refractivity contribution in [2.45, 2.75) is 39.0 Å². The predicted octanol–water partition coefficient (Wildman–Crippen LogP) is 0.767. The summed E-state index contributed by atoms with van der Waals surface area (Å²) in [5, 5.41) is 4.79. The molecular formula is C22H20IN6-. The van der Waals surface area contributed by atoms with E-state index in [-0.39, 0.29) is 21.2 Å². The van der Waals surface area contributed by atoms with Gasteiger partial charge < -0.3 is 0 Å². The van der Waals surface area contributed by atoms with Gasteiger partial charge >= 0.3 is 179 Å². The third kappa shape index (κ3) is 2.59. The molecule has 4 aromatic rings. The van der Waals surface area contributed by atoms with Crippen molar-refractivity contribution in [3.05, 3.63) is 72.4 Å². The Morgan fingerprint density at radius 1 is 1.07 bits per heavy atom. The van der Waals surface area contributed by atoms with Crippen LogP contribution in [-0.2, 0) is 0 Å². The molecule has 1 aliphatic carbocycles. The fourth-order valence-corrected chi connectivity index (χ4v) is 6.15. The van der Waals surface area contributed by atoms with E-state index in [1.165, 1.54) is 20.5 Å². The monoisotopic (exact) mass is 495 g/mol. The molecule has 29 heavy (non-hydrogen) atoms. The van der Waals surface area contributed by atoms with Crippen molar-refractivity contribution >= 4 is 17.4 Å². The number of aromatic nitrogens is 6. The van der Waals surface area contributed by atoms with Crippen molar-refractivity contribution < 1.29 is 21.2 Å². The van der Waals surface area contributed by atoms with E-state index in [4.69, 9.17) is 15.1 Å². The quantitative estimate of drug-likeness (QED) is 0.386. The third-order valence-corrected chi connectivity index (χ3v) is 8.27. The topological polar surface area (TPSA) is 60.4 Å². The van der Waals surface area contributed by atoms with Crippen LogP contribution in [0.1, 0.15) is 52.4 Å². The Labute approximate surface area is 178 Å². The first-order valence-corrected chi connectivity index (χ1v) is 12.1. The molecule has 7 heteroatoms. The van der Waals surface area contributed by atoms with E-state index in [1.807, 2.05) is 24.6 Å². The zero-order valence-electron chi connectivity index (χ0n) is 16.5. The molecule has 6 nitrogen and oxygen atoms in total. The second kappa shape index (κ2) is 6.22. The predicted molar refractivity (Wildman–Crippen MR) is 107 cm³/mol. The minimum atomic E-state index is -0.0976. The molecule has 2 atom stereocenters. The van der Waals surface area contributed by atoms with Gasteiger partial charge in [-0.25, -0.2) is 0 Å². The van der Waals surface area contributed by atoms with Crippen molar-refractivity contribution in [3.8, 4) is 0 Å². The fraction of sp³-hybridized carbons (Fsp3) is 0.273. The van der Waals surface area contributed by atoms with E-state index in [2.05, 4.69) is 50.9 Å². The van der Waals surface area contributed by atoms with Gasteiger partial charge in [0.05, 0.1) is 0 Å². The van der Waals surface area contributed by atoms with Gasteiger partial charge in [-0.2, -0.15) is 0 Å². The van der Waals surface area contributed by atoms with Crippen LogP contribution in [-0.4, -0.2) is 29.0 Å². The summed E-state index contributed by atoms with van der Waals surface area (Å²) in [4.78, 5) is 14.4. The molecule has 1 fully saturated rings. The van der Waals surface area contributed by atoms with Crippen molar-refractivity contribution in [1.82, 2.24) is 29.0 Å². The van der Waals surface area contributed by atoms with E-state index < -0.39 is 0 Å². The van der Waals surface area contributed by atoms with Gasteiger partial charge in [-0.3, -0.25) is 0 Å². The molecule has 5 heterocycles. The molecule has 0 unspecified atom stereocenters. The molecule has 0 radical (unpaired) electrons. The van der Waals surface area contributed by atoms with Crippen LogP contribution < -0.4 is 21.2 Å². The second-order valence-corrected chi connectivity index (χ2v) is 10.3. The van der Waals surface area contributed by atoms with Gasteiger partial charge in [0.1, 0.15) is 0 Å². The summed E-state index contributed by atoms with van der Waals surface area (Å²) in [5.41, 5.74) is 7.58. The van der Waals surface area contributed by atoms with Crippen LogP contribution in [0.3, 0.4) is 0 Å². The Bertz CT molecular complexity index is 1320. The molecule has 0 saturated heterocycles. The maximum atomic E-state index is 5.12. The summed E-state index contributed by atoms with van der Waals surface area (Å²) in [6, 6.07) is 2.26. The molecular weight excluding hydrogens is 475 g/mol. The average Bonchev–Trinajstić information content (AvgIpc) is 3.34. The normalized spacial score (nSPS) is 20.7. The molecule has 0 spiro atoms. The molecule has 146 valence electrons. The zero-order chi connectivity index (χ0) is 19.7. The summed E-state index contributed by atoms with van der Waals surface area (Å²) in [5.74, 6) is 1.64. The van der Waals surface area contributed by atoms with E-state index in [0.29, 0.717) is 11.8 Å². The van der Waals surface area contributed by atoms with Crippen molar-refractivity contribution in [2.24, 2.45) is 0 Å². The molecule has 1 saturated carbocycles. The van der Waals surface area contributed by atoms with Gasteiger partial charge in [-0.15, -0.1) is 0 Å². The Kier molecular flexibility index (Phi) is 3.72. The first kappa shape index (κ1) is 17.3. The maximum absolute atomic E-state index is 5.12. The number of pyridine rings is 1. The average molecular weight is 495 g/mol. The summed E-state index contributed by atoms with van der Waals surface area (Å²) in [6.45, 7) is 6.19. The summed E-state index contributed by atoms with van der Waals surface area (Å²) in [6.07, 6.45) is 11.6. The first-order valence-electron chi connectivity index (χ1n) is 9.79. The van der Waals surface area contributed by atoms with Crippen molar-refractivity contribution in [2.75, 3.05) is 0 Å². The van der Waals surface area contributed by atoms with E-state index in [9.17, 15) is 0 Å². The van der Waals surface area contributed by atoms with E-state index in [0.717, 1.165) is 34.9 Å². The first-order chi connectivity index (χ1) is 14.1. The number of aryl methyl sites for hydroxylation is 3. The summed E-state index contributed by atoms with van der Waals surface area (Å²) < 4.78 is 7.91. The van der Waals surface area contributed by atoms with E-state index >= 15 is 0 Å². The van der Waals surface area contributed by atoms with Crippen LogP contribution in [0, 0.1) is 24.3 Å². The Morgan fingerprint density at radius 2 is 1.97 bits per heavy atom. The number of hydrogen-bond donors (Lipinski definition) is 0.